The van der Waals surface area contributed by atoms with Crippen LogP contribution >= 0.6 is 0 Å². The van der Waals surface area contributed by atoms with Crippen LogP contribution in [0.5, 0.6) is 0 Å². The van der Waals surface area contributed by atoms with Crippen LogP contribution in [0.4, 0.5) is 0 Å². The second kappa shape index (κ2) is 9.76. The maximum atomic E-state index is 13.0. The van der Waals surface area contributed by atoms with E-state index < -0.39 is 6.04 Å². The Balaban J connectivity index is 2.21. The normalized spacial score (nSPS) is 11.7. The van der Waals surface area contributed by atoms with E-state index in [2.05, 4.69) is 5.32 Å². The lowest BCUT2D eigenvalue weighted by Crippen LogP contribution is -2.48. The Hall–Kier alpha value is -2.62. The molecule has 0 aliphatic heterocycles. The van der Waals surface area contributed by atoms with Crippen LogP contribution < -0.4 is 5.32 Å². The fourth-order valence-electron chi connectivity index (χ4n) is 2.82. The first-order valence-electron chi connectivity index (χ1n) is 9.18. The van der Waals surface area contributed by atoms with Gasteiger partial charge in [0.15, 0.2) is 0 Å². The van der Waals surface area contributed by atoms with Crippen LogP contribution in [0.25, 0.3) is 0 Å². The number of carbonyl (C=O) groups excluding carboxylic acids is 2. The predicted octanol–water partition coefficient (Wildman–Crippen LogP) is 3.48. The Kier molecular flexibility index (Phi) is 7.39. The number of hydrogen-bond donors (Lipinski definition) is 1. The number of nitrogens with one attached hydrogen (secondary N) is 1. The number of carbonyl (C=O) groups is 2. The van der Waals surface area contributed by atoms with Gasteiger partial charge in [0, 0.05) is 13.1 Å². The molecule has 0 saturated carbocycles. The van der Waals surface area contributed by atoms with Crippen molar-refractivity contribution in [1.82, 2.24) is 10.2 Å². The molecule has 0 heterocycles. The largest absolute Gasteiger partial charge is 0.354 e. The summed E-state index contributed by atoms with van der Waals surface area (Å²) in [6.45, 7) is 6.88. The third-order valence-electron chi connectivity index (χ3n) is 4.52. The summed E-state index contributed by atoms with van der Waals surface area (Å²) in [7, 11) is 0. The van der Waals surface area contributed by atoms with E-state index in [1.54, 1.807) is 11.8 Å². The van der Waals surface area contributed by atoms with E-state index in [1.807, 2.05) is 68.4 Å². The Bertz CT molecular complexity index is 728. The molecular weight excluding hydrogens is 324 g/mol. The summed E-state index contributed by atoms with van der Waals surface area (Å²) in [5.74, 6) is -0.152. The first-order chi connectivity index (χ1) is 12.5. The zero-order valence-corrected chi connectivity index (χ0v) is 15.9. The zero-order chi connectivity index (χ0) is 18.9. The lowest BCUT2D eigenvalue weighted by molar-refractivity contribution is -0.140. The number of amides is 2. The predicted molar refractivity (Wildman–Crippen MR) is 105 cm³/mol. The smallest absolute Gasteiger partial charge is 0.242 e. The average Bonchev–Trinajstić information content (AvgIpc) is 2.65. The van der Waals surface area contributed by atoms with Gasteiger partial charge in [-0.1, -0.05) is 61.5 Å². The Morgan fingerprint density at radius 1 is 1.04 bits per heavy atom. The molecule has 4 heteroatoms. The molecule has 1 atom stereocenters. The molecule has 0 aliphatic carbocycles. The molecule has 26 heavy (non-hydrogen) atoms. The van der Waals surface area contributed by atoms with Crippen molar-refractivity contribution in [3.05, 3.63) is 71.3 Å². The van der Waals surface area contributed by atoms with Crippen molar-refractivity contribution in [3.8, 4) is 0 Å². The van der Waals surface area contributed by atoms with E-state index in [0.717, 1.165) is 23.1 Å². The third-order valence-corrected chi connectivity index (χ3v) is 4.52. The van der Waals surface area contributed by atoms with Crippen molar-refractivity contribution < 1.29 is 9.59 Å². The maximum absolute atomic E-state index is 13.0. The van der Waals surface area contributed by atoms with Crippen molar-refractivity contribution in [2.45, 2.75) is 46.2 Å². The molecule has 0 bridgehead atoms. The van der Waals surface area contributed by atoms with E-state index in [1.165, 1.54) is 0 Å². The highest BCUT2D eigenvalue weighted by Gasteiger charge is 2.26. The molecule has 1 N–H and O–H groups in total. The van der Waals surface area contributed by atoms with Crippen LogP contribution in [-0.2, 0) is 22.6 Å². The van der Waals surface area contributed by atoms with Crippen molar-refractivity contribution in [2.75, 3.05) is 6.54 Å². The van der Waals surface area contributed by atoms with Gasteiger partial charge in [-0.05, 0) is 37.0 Å². The number of hydrogen-bond acceptors (Lipinski definition) is 2. The van der Waals surface area contributed by atoms with Gasteiger partial charge in [0.2, 0.25) is 11.8 Å². The van der Waals surface area contributed by atoms with E-state index in [4.69, 9.17) is 0 Å². The summed E-state index contributed by atoms with van der Waals surface area (Å²) in [5, 5.41) is 2.90. The Morgan fingerprint density at radius 3 is 2.35 bits per heavy atom. The standard InChI is InChI=1S/C22H28N2O2/c1-4-14-23-22(26)18(3)24(16-20-13-9-8-10-17(20)2)21(25)15-19-11-6-5-7-12-19/h5-13,18H,4,14-16H2,1-3H3,(H,23,26). The minimum atomic E-state index is -0.516. The van der Waals surface area contributed by atoms with Crippen molar-refractivity contribution in [2.24, 2.45) is 0 Å². The molecule has 0 saturated heterocycles. The first-order valence-corrected chi connectivity index (χ1v) is 9.18. The lowest BCUT2D eigenvalue weighted by Gasteiger charge is -2.29. The number of nitrogens with zero attached hydrogens (tertiary/aromatic N) is 1. The minimum Gasteiger partial charge on any atom is -0.354 e. The van der Waals surface area contributed by atoms with Crippen LogP contribution in [0.2, 0.25) is 0 Å². The van der Waals surface area contributed by atoms with Crippen LogP contribution in [0, 0.1) is 6.92 Å². The topological polar surface area (TPSA) is 49.4 Å². The molecule has 0 aromatic heterocycles. The summed E-state index contributed by atoms with van der Waals surface area (Å²) in [4.78, 5) is 27.1. The molecule has 138 valence electrons. The summed E-state index contributed by atoms with van der Waals surface area (Å²) < 4.78 is 0. The molecule has 2 aromatic rings. The molecule has 2 aromatic carbocycles. The number of aryl methyl sites for hydroxylation is 1. The zero-order valence-electron chi connectivity index (χ0n) is 15.9. The second-order valence-electron chi connectivity index (χ2n) is 6.58. The lowest BCUT2D eigenvalue weighted by atomic mass is 10.1. The Morgan fingerprint density at radius 2 is 1.69 bits per heavy atom. The average molecular weight is 352 g/mol. The highest BCUT2D eigenvalue weighted by molar-refractivity contribution is 5.88. The molecule has 0 aliphatic rings. The van der Waals surface area contributed by atoms with Gasteiger partial charge in [0.25, 0.3) is 0 Å². The fourth-order valence-corrected chi connectivity index (χ4v) is 2.82. The SMILES string of the molecule is CCCNC(=O)C(C)N(Cc1ccccc1C)C(=O)Cc1ccccc1. The van der Waals surface area contributed by atoms with Gasteiger partial charge in [-0.15, -0.1) is 0 Å². The molecular formula is C22H28N2O2. The van der Waals surface area contributed by atoms with E-state index in [-0.39, 0.29) is 18.2 Å². The van der Waals surface area contributed by atoms with Gasteiger partial charge in [0.1, 0.15) is 6.04 Å². The van der Waals surface area contributed by atoms with Gasteiger partial charge >= 0.3 is 0 Å². The quantitative estimate of drug-likeness (QED) is 0.791. The molecule has 2 amide bonds. The van der Waals surface area contributed by atoms with Crippen molar-refractivity contribution in [3.63, 3.8) is 0 Å². The molecule has 0 radical (unpaired) electrons. The number of rotatable bonds is 8. The van der Waals surface area contributed by atoms with Crippen molar-refractivity contribution in [1.29, 1.82) is 0 Å². The van der Waals surface area contributed by atoms with Crippen molar-refractivity contribution >= 4 is 11.8 Å². The second-order valence-corrected chi connectivity index (χ2v) is 6.58. The van der Waals surface area contributed by atoms with E-state index in [9.17, 15) is 9.59 Å². The highest BCUT2D eigenvalue weighted by Crippen LogP contribution is 2.15. The van der Waals surface area contributed by atoms with Gasteiger partial charge in [-0.25, -0.2) is 0 Å². The first kappa shape index (κ1) is 19.7. The van der Waals surface area contributed by atoms with E-state index in [0.29, 0.717) is 13.1 Å². The third kappa shape index (κ3) is 5.45. The van der Waals surface area contributed by atoms with Crippen LogP contribution in [0.3, 0.4) is 0 Å². The molecule has 4 nitrogen and oxygen atoms in total. The summed E-state index contributed by atoms with van der Waals surface area (Å²) >= 11 is 0. The van der Waals surface area contributed by atoms with Crippen LogP contribution in [0.1, 0.15) is 37.0 Å². The fraction of sp³-hybridized carbons (Fsp3) is 0.364. The summed E-state index contributed by atoms with van der Waals surface area (Å²) in [5.41, 5.74) is 3.13. The summed E-state index contributed by atoms with van der Waals surface area (Å²) in [6, 6.07) is 17.1. The molecule has 0 fully saturated rings. The summed E-state index contributed by atoms with van der Waals surface area (Å²) in [6.07, 6.45) is 1.16. The van der Waals surface area contributed by atoms with Crippen LogP contribution in [0.15, 0.2) is 54.6 Å². The maximum Gasteiger partial charge on any atom is 0.242 e. The van der Waals surface area contributed by atoms with Gasteiger partial charge in [-0.3, -0.25) is 9.59 Å². The molecule has 0 spiro atoms. The van der Waals surface area contributed by atoms with Gasteiger partial charge < -0.3 is 10.2 Å². The van der Waals surface area contributed by atoms with Gasteiger partial charge in [0.05, 0.1) is 6.42 Å². The number of benzene rings is 2. The highest BCUT2D eigenvalue weighted by atomic mass is 16.2. The van der Waals surface area contributed by atoms with Gasteiger partial charge in [-0.2, -0.15) is 0 Å². The Labute approximate surface area is 156 Å². The minimum absolute atomic E-state index is 0.0430. The molecule has 1 unspecified atom stereocenters. The van der Waals surface area contributed by atoms with E-state index >= 15 is 0 Å². The monoisotopic (exact) mass is 352 g/mol. The van der Waals surface area contributed by atoms with Crippen LogP contribution in [-0.4, -0.2) is 29.3 Å². The molecule has 2 rings (SSSR count).